The van der Waals surface area contributed by atoms with Crippen LogP contribution in [0.4, 0.5) is 0 Å². The van der Waals surface area contributed by atoms with E-state index in [-0.39, 0.29) is 11.8 Å². The molecule has 0 spiro atoms. The van der Waals surface area contributed by atoms with E-state index in [1.54, 1.807) is 9.58 Å². The van der Waals surface area contributed by atoms with Gasteiger partial charge in [-0.2, -0.15) is 5.10 Å². The lowest BCUT2D eigenvalue weighted by molar-refractivity contribution is -0.143. The molecule has 21 heavy (non-hydrogen) atoms. The number of hydrogen-bond acceptors (Lipinski definition) is 3. The highest BCUT2D eigenvalue weighted by Crippen LogP contribution is 2.21. The molecule has 2 heterocycles. The van der Waals surface area contributed by atoms with Crippen LogP contribution < -0.4 is 0 Å². The molecule has 0 saturated carbocycles. The average molecular weight is 293 g/mol. The molecule has 1 aromatic rings. The van der Waals surface area contributed by atoms with Crippen LogP contribution in [0.1, 0.15) is 55.7 Å². The maximum absolute atomic E-state index is 12.7. The Bertz CT molecular complexity index is 536. The van der Waals surface area contributed by atoms with Gasteiger partial charge in [-0.1, -0.05) is 13.8 Å². The van der Waals surface area contributed by atoms with Crippen molar-refractivity contribution in [1.82, 2.24) is 14.7 Å². The number of rotatable bonds is 4. The molecule has 6 nitrogen and oxygen atoms in total. The molecule has 1 amide bonds. The van der Waals surface area contributed by atoms with Crippen LogP contribution in [0.3, 0.4) is 0 Å². The van der Waals surface area contributed by atoms with E-state index in [2.05, 4.69) is 5.10 Å². The van der Waals surface area contributed by atoms with E-state index in [1.807, 2.05) is 26.8 Å². The van der Waals surface area contributed by atoms with Gasteiger partial charge < -0.3 is 10.0 Å². The number of carbonyl (C=O) groups excluding carboxylic acids is 1. The molecule has 1 aliphatic rings. The monoisotopic (exact) mass is 293 g/mol. The average Bonchev–Trinajstić information content (AvgIpc) is 2.91. The molecule has 1 aliphatic heterocycles. The lowest BCUT2D eigenvalue weighted by Crippen LogP contribution is -2.43. The first-order valence-electron chi connectivity index (χ1n) is 7.53. The van der Waals surface area contributed by atoms with E-state index in [0.717, 1.165) is 12.1 Å². The Balaban J connectivity index is 2.21. The number of likely N-dealkylation sites (tertiary alicyclic amines) is 1. The van der Waals surface area contributed by atoms with Gasteiger partial charge in [0.2, 0.25) is 0 Å². The van der Waals surface area contributed by atoms with Crippen LogP contribution in [-0.2, 0) is 11.3 Å². The third kappa shape index (κ3) is 3.25. The summed E-state index contributed by atoms with van der Waals surface area (Å²) < 4.78 is 1.71. The minimum atomic E-state index is -0.820. The molecule has 0 bridgehead atoms. The Morgan fingerprint density at radius 2 is 2.19 bits per heavy atom. The predicted octanol–water partition coefficient (Wildman–Crippen LogP) is 1.96. The van der Waals surface area contributed by atoms with Gasteiger partial charge in [-0.25, -0.2) is 0 Å². The molecule has 116 valence electrons. The summed E-state index contributed by atoms with van der Waals surface area (Å²) in [6.45, 7) is 7.57. The van der Waals surface area contributed by atoms with E-state index in [0.29, 0.717) is 31.7 Å². The lowest BCUT2D eigenvalue weighted by Gasteiger charge is -2.30. The van der Waals surface area contributed by atoms with Crippen molar-refractivity contribution in [2.75, 3.05) is 13.1 Å². The molecule has 0 radical (unpaired) electrons. The van der Waals surface area contributed by atoms with Gasteiger partial charge in [0.05, 0.1) is 11.6 Å². The summed E-state index contributed by atoms with van der Waals surface area (Å²) >= 11 is 0. The summed E-state index contributed by atoms with van der Waals surface area (Å²) in [7, 11) is 0. The fourth-order valence-electron chi connectivity index (χ4n) is 2.66. The Hall–Kier alpha value is -1.85. The van der Waals surface area contributed by atoms with Crippen LogP contribution in [-0.4, -0.2) is 44.8 Å². The number of carbonyl (C=O) groups is 2. The summed E-state index contributed by atoms with van der Waals surface area (Å²) in [4.78, 5) is 25.4. The first-order chi connectivity index (χ1) is 9.93. The largest absolute Gasteiger partial charge is 0.481 e. The Labute approximate surface area is 124 Å². The second-order valence-electron chi connectivity index (χ2n) is 5.85. The zero-order valence-electron chi connectivity index (χ0n) is 12.9. The van der Waals surface area contributed by atoms with Crippen molar-refractivity contribution in [3.8, 4) is 0 Å². The number of hydrogen-bond donors (Lipinski definition) is 1. The number of aryl methyl sites for hydroxylation is 1. The molecule has 2 rings (SSSR count). The maximum Gasteiger partial charge on any atom is 0.308 e. The third-order valence-electron chi connectivity index (χ3n) is 3.97. The number of carboxylic acid groups (broad SMARTS) is 1. The number of nitrogens with zero attached hydrogens (tertiary/aromatic N) is 3. The number of aliphatic carboxylic acids is 1. The van der Waals surface area contributed by atoms with E-state index in [9.17, 15) is 9.59 Å². The van der Waals surface area contributed by atoms with Crippen molar-refractivity contribution in [2.24, 2.45) is 5.92 Å². The smallest absolute Gasteiger partial charge is 0.308 e. The van der Waals surface area contributed by atoms with Crippen LogP contribution in [0.25, 0.3) is 0 Å². The van der Waals surface area contributed by atoms with Gasteiger partial charge in [-0.15, -0.1) is 0 Å². The Kier molecular flexibility index (Phi) is 4.65. The molecule has 1 fully saturated rings. The van der Waals surface area contributed by atoms with Gasteiger partial charge in [0.25, 0.3) is 5.91 Å². The number of carboxylic acids is 1. The molecular formula is C15H23N3O3. The van der Waals surface area contributed by atoms with Gasteiger partial charge in [-0.3, -0.25) is 14.3 Å². The molecule has 6 heteroatoms. The van der Waals surface area contributed by atoms with Gasteiger partial charge in [-0.05, 0) is 31.7 Å². The van der Waals surface area contributed by atoms with Crippen molar-refractivity contribution < 1.29 is 14.7 Å². The second kappa shape index (κ2) is 6.28. The summed E-state index contributed by atoms with van der Waals surface area (Å²) in [5, 5.41) is 13.6. The van der Waals surface area contributed by atoms with Crippen LogP contribution in [0.2, 0.25) is 0 Å². The van der Waals surface area contributed by atoms with E-state index >= 15 is 0 Å². The third-order valence-corrected chi connectivity index (χ3v) is 3.97. The molecule has 1 saturated heterocycles. The van der Waals surface area contributed by atoms with E-state index in [4.69, 9.17) is 5.11 Å². The van der Waals surface area contributed by atoms with Crippen LogP contribution in [0.5, 0.6) is 0 Å². The molecular weight excluding hydrogens is 270 g/mol. The Morgan fingerprint density at radius 3 is 2.76 bits per heavy atom. The van der Waals surface area contributed by atoms with Gasteiger partial charge in [0.1, 0.15) is 5.69 Å². The number of piperidine rings is 1. The van der Waals surface area contributed by atoms with Crippen LogP contribution in [0.15, 0.2) is 6.07 Å². The fourth-order valence-corrected chi connectivity index (χ4v) is 2.66. The van der Waals surface area contributed by atoms with Crippen molar-refractivity contribution in [3.63, 3.8) is 0 Å². The van der Waals surface area contributed by atoms with Crippen LogP contribution >= 0.6 is 0 Å². The zero-order chi connectivity index (χ0) is 15.6. The minimum absolute atomic E-state index is 0.109. The summed E-state index contributed by atoms with van der Waals surface area (Å²) in [6, 6.07) is 1.83. The SMILES string of the molecule is CCn1nc(C(C)C)cc1C(=O)N1CCCC(C(=O)O)C1. The highest BCUT2D eigenvalue weighted by Gasteiger charge is 2.30. The molecule has 0 aromatic carbocycles. The number of aromatic nitrogens is 2. The van der Waals surface area contributed by atoms with E-state index in [1.165, 1.54) is 0 Å². The summed E-state index contributed by atoms with van der Waals surface area (Å²) in [5.41, 5.74) is 1.46. The standard InChI is InChI=1S/C15H23N3O3/c1-4-18-13(8-12(16-18)10(2)3)14(19)17-7-5-6-11(9-17)15(20)21/h8,10-11H,4-7,9H2,1-3H3,(H,20,21). The maximum atomic E-state index is 12.7. The number of amides is 1. The van der Waals surface area contributed by atoms with Gasteiger partial charge in [0.15, 0.2) is 0 Å². The molecule has 0 aliphatic carbocycles. The topological polar surface area (TPSA) is 75.4 Å². The van der Waals surface area contributed by atoms with E-state index < -0.39 is 11.9 Å². The van der Waals surface area contributed by atoms with Gasteiger partial charge >= 0.3 is 5.97 Å². The van der Waals surface area contributed by atoms with Crippen molar-refractivity contribution in [1.29, 1.82) is 0 Å². The van der Waals surface area contributed by atoms with Gasteiger partial charge in [0, 0.05) is 19.6 Å². The molecule has 1 atom stereocenters. The van der Waals surface area contributed by atoms with Crippen molar-refractivity contribution >= 4 is 11.9 Å². The molecule has 1 N–H and O–H groups in total. The lowest BCUT2D eigenvalue weighted by atomic mass is 9.98. The second-order valence-corrected chi connectivity index (χ2v) is 5.85. The highest BCUT2D eigenvalue weighted by atomic mass is 16.4. The summed E-state index contributed by atoms with van der Waals surface area (Å²) in [6.07, 6.45) is 1.38. The summed E-state index contributed by atoms with van der Waals surface area (Å²) in [5.74, 6) is -1.12. The normalized spacial score (nSPS) is 19.0. The highest BCUT2D eigenvalue weighted by molar-refractivity contribution is 5.93. The fraction of sp³-hybridized carbons (Fsp3) is 0.667. The molecule has 1 aromatic heterocycles. The first kappa shape index (κ1) is 15.5. The van der Waals surface area contributed by atoms with Crippen LogP contribution in [0, 0.1) is 5.92 Å². The van der Waals surface area contributed by atoms with Crippen molar-refractivity contribution in [3.05, 3.63) is 17.5 Å². The minimum Gasteiger partial charge on any atom is -0.481 e. The quantitative estimate of drug-likeness (QED) is 0.920. The Morgan fingerprint density at radius 1 is 1.48 bits per heavy atom. The first-order valence-corrected chi connectivity index (χ1v) is 7.53. The van der Waals surface area contributed by atoms with Crippen molar-refractivity contribution in [2.45, 2.75) is 46.1 Å². The predicted molar refractivity (Wildman–Crippen MR) is 78.3 cm³/mol. The zero-order valence-corrected chi connectivity index (χ0v) is 12.9. The molecule has 1 unspecified atom stereocenters.